The molecule has 0 bridgehead atoms. The predicted molar refractivity (Wildman–Crippen MR) is 135 cm³/mol. The molecule has 0 N–H and O–H groups in total. The highest BCUT2D eigenvalue weighted by Gasteiger charge is 2.30. The van der Waals surface area contributed by atoms with Gasteiger partial charge in [-0.2, -0.15) is 15.3 Å². The van der Waals surface area contributed by atoms with Crippen molar-refractivity contribution in [2.24, 2.45) is 7.05 Å². The first-order valence-electron chi connectivity index (χ1n) is 11.3. The van der Waals surface area contributed by atoms with Crippen LogP contribution in [0.15, 0.2) is 41.7 Å². The van der Waals surface area contributed by atoms with E-state index in [1.165, 1.54) is 32.4 Å². The van der Waals surface area contributed by atoms with E-state index in [-0.39, 0.29) is 44.6 Å². The molecule has 0 atom stereocenters. The molecule has 0 radical (unpaired) electrons. The van der Waals surface area contributed by atoms with Gasteiger partial charge in [-0.05, 0) is 39.0 Å². The molecule has 0 unspecified atom stereocenters. The van der Waals surface area contributed by atoms with E-state index in [1.54, 1.807) is 46.3 Å². The zero-order valence-electron chi connectivity index (χ0n) is 20.9. The van der Waals surface area contributed by atoms with Crippen molar-refractivity contribution in [1.29, 1.82) is 0 Å². The van der Waals surface area contributed by atoms with Crippen LogP contribution in [0.5, 0.6) is 5.88 Å². The molecule has 0 fully saturated rings. The minimum absolute atomic E-state index is 0.00997. The number of ketones is 1. The number of carbonyl (C=O) groups is 2. The summed E-state index contributed by atoms with van der Waals surface area (Å²) in [7, 11) is -1.98. The molecule has 1 aromatic carbocycles. The number of nitrogens with zero attached hydrogens (tertiary/aromatic N) is 6. The van der Waals surface area contributed by atoms with Crippen LogP contribution < -0.4 is 4.74 Å². The van der Waals surface area contributed by atoms with Crippen LogP contribution in [0.4, 0.5) is 0 Å². The van der Waals surface area contributed by atoms with E-state index in [9.17, 15) is 18.0 Å². The largest absolute Gasteiger partial charge is 0.403 e. The first-order valence-corrected chi connectivity index (χ1v) is 13.5. The minimum atomic E-state index is -3.66. The molecule has 0 aliphatic carbocycles. The van der Waals surface area contributed by atoms with Gasteiger partial charge in [-0.15, -0.1) is 0 Å². The molecule has 4 aromatic rings. The Morgan fingerprint density at radius 2 is 1.84 bits per heavy atom. The Kier molecular flexibility index (Phi) is 7.07. The lowest BCUT2D eigenvalue weighted by Crippen LogP contribution is -2.16. The Bertz CT molecular complexity index is 1620. The van der Waals surface area contributed by atoms with Crippen LogP contribution in [0, 0.1) is 13.8 Å². The molecule has 0 saturated carbocycles. The molecule has 0 amide bonds. The van der Waals surface area contributed by atoms with Crippen LogP contribution in [0.25, 0.3) is 0 Å². The first-order chi connectivity index (χ1) is 17.4. The van der Waals surface area contributed by atoms with E-state index in [0.717, 1.165) is 6.26 Å². The van der Waals surface area contributed by atoms with Crippen molar-refractivity contribution in [3.8, 4) is 5.88 Å². The third-order valence-corrected chi connectivity index (χ3v) is 7.37. The third kappa shape index (κ3) is 5.07. The predicted octanol–water partition coefficient (Wildman–Crippen LogP) is 3.01. The Labute approximate surface area is 218 Å². The second-order valence-corrected chi connectivity index (χ2v) is 10.8. The molecule has 4 rings (SSSR count). The lowest BCUT2D eigenvalue weighted by molar-refractivity contribution is 0.0715. The van der Waals surface area contributed by atoms with Gasteiger partial charge in [0.25, 0.3) is 0 Å². The summed E-state index contributed by atoms with van der Waals surface area (Å²) in [6.07, 6.45) is 5.81. The Morgan fingerprint density at radius 3 is 2.41 bits per heavy atom. The summed E-state index contributed by atoms with van der Waals surface area (Å²) in [6, 6.07) is 4.39. The highest BCUT2D eigenvalue weighted by atomic mass is 35.5. The van der Waals surface area contributed by atoms with Crippen LogP contribution in [-0.2, 0) is 30.0 Å². The number of carbonyl (C=O) groups excluding carboxylic acids is 2. The van der Waals surface area contributed by atoms with Crippen molar-refractivity contribution in [1.82, 2.24) is 29.3 Å². The molecule has 0 saturated heterocycles. The number of ether oxygens (including phenoxy) is 1. The second-order valence-electron chi connectivity index (χ2n) is 8.48. The lowest BCUT2D eigenvalue weighted by Gasteiger charge is -2.14. The van der Waals surface area contributed by atoms with Crippen LogP contribution in [-0.4, -0.2) is 55.8 Å². The van der Waals surface area contributed by atoms with E-state index >= 15 is 0 Å². The molecular formula is C24H25ClN6O5S. The number of hydrogen-bond acceptors (Lipinski definition) is 8. The highest BCUT2D eigenvalue weighted by Crippen LogP contribution is 2.33. The molecule has 3 heterocycles. The van der Waals surface area contributed by atoms with Gasteiger partial charge >= 0.3 is 5.97 Å². The van der Waals surface area contributed by atoms with Gasteiger partial charge in [0.05, 0.1) is 27.9 Å². The number of hydrogen-bond donors (Lipinski definition) is 0. The van der Waals surface area contributed by atoms with E-state index in [0.29, 0.717) is 17.9 Å². The monoisotopic (exact) mass is 544 g/mol. The Hall–Kier alpha value is -3.77. The SMILES string of the molecule is CCn1nc(C)c(C(=O)c2ccc(S(C)(=O)=O)c(Cn3cccn3)c2Cl)c1OC(=O)c1cn(C)nc1C. The highest BCUT2D eigenvalue weighted by molar-refractivity contribution is 7.90. The van der Waals surface area contributed by atoms with Crippen molar-refractivity contribution in [2.45, 2.75) is 38.8 Å². The Balaban J connectivity index is 1.82. The van der Waals surface area contributed by atoms with Crippen LogP contribution in [0.1, 0.15) is 50.2 Å². The van der Waals surface area contributed by atoms with Gasteiger partial charge in [-0.1, -0.05) is 11.6 Å². The quantitative estimate of drug-likeness (QED) is 0.244. The van der Waals surface area contributed by atoms with Gasteiger partial charge < -0.3 is 4.74 Å². The molecule has 37 heavy (non-hydrogen) atoms. The van der Waals surface area contributed by atoms with E-state index in [2.05, 4.69) is 15.3 Å². The maximum atomic E-state index is 13.8. The molecule has 0 aliphatic heterocycles. The number of sulfone groups is 1. The molecule has 11 nitrogen and oxygen atoms in total. The van der Waals surface area contributed by atoms with Gasteiger partial charge in [0, 0.05) is 49.6 Å². The van der Waals surface area contributed by atoms with Crippen molar-refractivity contribution in [3.63, 3.8) is 0 Å². The average Bonchev–Trinajstić information content (AvgIpc) is 3.53. The average molecular weight is 545 g/mol. The maximum Gasteiger partial charge on any atom is 0.348 e. The van der Waals surface area contributed by atoms with Gasteiger partial charge in [0.2, 0.25) is 11.7 Å². The summed E-state index contributed by atoms with van der Waals surface area (Å²) in [4.78, 5) is 26.8. The first kappa shape index (κ1) is 26.3. The summed E-state index contributed by atoms with van der Waals surface area (Å²) in [5.41, 5.74) is 1.38. The number of esters is 1. The fourth-order valence-corrected chi connectivity index (χ4v) is 5.34. The topological polar surface area (TPSA) is 131 Å². The van der Waals surface area contributed by atoms with Crippen LogP contribution in [0.2, 0.25) is 5.02 Å². The van der Waals surface area contributed by atoms with Crippen LogP contribution >= 0.6 is 11.6 Å². The van der Waals surface area contributed by atoms with Gasteiger partial charge in [0.1, 0.15) is 11.1 Å². The molecule has 13 heteroatoms. The van der Waals surface area contributed by atoms with Crippen molar-refractivity contribution in [2.75, 3.05) is 6.26 Å². The maximum absolute atomic E-state index is 13.8. The van der Waals surface area contributed by atoms with E-state index in [4.69, 9.17) is 16.3 Å². The molecular weight excluding hydrogens is 520 g/mol. The summed E-state index contributed by atoms with van der Waals surface area (Å²) in [6.45, 7) is 5.45. The molecule has 0 aliphatic rings. The number of aryl methyl sites for hydroxylation is 4. The minimum Gasteiger partial charge on any atom is -0.403 e. The fraction of sp³-hybridized carbons (Fsp3) is 0.292. The molecule has 0 spiro atoms. The molecule has 3 aromatic heterocycles. The van der Waals surface area contributed by atoms with Crippen molar-refractivity contribution >= 4 is 33.2 Å². The summed E-state index contributed by atoms with van der Waals surface area (Å²) < 4.78 is 35.0. The number of aromatic nitrogens is 6. The number of benzene rings is 1. The lowest BCUT2D eigenvalue weighted by atomic mass is 10.0. The van der Waals surface area contributed by atoms with Crippen LogP contribution in [0.3, 0.4) is 0 Å². The fourth-order valence-electron chi connectivity index (χ4n) is 4.05. The summed E-state index contributed by atoms with van der Waals surface area (Å²) in [5.74, 6) is -1.28. The normalized spacial score (nSPS) is 11.6. The zero-order valence-corrected chi connectivity index (χ0v) is 22.5. The van der Waals surface area contributed by atoms with E-state index in [1.807, 2.05) is 0 Å². The third-order valence-electron chi connectivity index (χ3n) is 5.75. The number of rotatable bonds is 8. The standard InChI is InChI=1S/C24H25ClN6O5S/c1-6-31-23(36-24(33)17-12-29(4)27-14(17)2)20(15(3)28-31)22(32)16-8-9-19(37(5,34)35)18(21(16)25)13-30-11-7-10-26-30/h7-12H,6,13H2,1-5H3. The molecule has 194 valence electrons. The number of halogens is 1. The summed E-state index contributed by atoms with van der Waals surface area (Å²) >= 11 is 6.68. The summed E-state index contributed by atoms with van der Waals surface area (Å²) in [5, 5.41) is 12.6. The second kappa shape index (κ2) is 9.94. The van der Waals surface area contributed by atoms with E-state index < -0.39 is 21.6 Å². The smallest absolute Gasteiger partial charge is 0.348 e. The van der Waals surface area contributed by atoms with Crippen molar-refractivity contribution < 1.29 is 22.7 Å². The zero-order chi connectivity index (χ0) is 27.1. The van der Waals surface area contributed by atoms with Crippen molar-refractivity contribution in [3.05, 3.63) is 75.5 Å². The van der Waals surface area contributed by atoms with Gasteiger partial charge in [-0.25, -0.2) is 17.9 Å². The Morgan fingerprint density at radius 1 is 1.11 bits per heavy atom. The van der Waals surface area contributed by atoms with Gasteiger partial charge in [-0.3, -0.25) is 14.2 Å². The van der Waals surface area contributed by atoms with Gasteiger partial charge in [0.15, 0.2) is 9.84 Å².